The molecule has 0 aliphatic rings. The van der Waals surface area contributed by atoms with E-state index in [4.69, 9.17) is 16.3 Å². The van der Waals surface area contributed by atoms with Gasteiger partial charge in [0.15, 0.2) is 0 Å². The lowest BCUT2D eigenvalue weighted by Gasteiger charge is -2.20. The van der Waals surface area contributed by atoms with Crippen LogP contribution in [0.3, 0.4) is 0 Å². The largest absolute Gasteiger partial charge is 0.492 e. The van der Waals surface area contributed by atoms with Crippen molar-refractivity contribution in [1.29, 1.82) is 0 Å². The predicted molar refractivity (Wildman–Crippen MR) is 128 cm³/mol. The minimum atomic E-state index is -3.69. The third-order valence-corrected chi connectivity index (χ3v) is 7.44. The molecule has 0 fully saturated rings. The first kappa shape index (κ1) is 24.8. The summed E-state index contributed by atoms with van der Waals surface area (Å²) in [5.41, 5.74) is 1.47. The molecule has 0 unspecified atom stereocenters. The molecule has 0 saturated carbocycles. The first-order chi connectivity index (χ1) is 15.8. The van der Waals surface area contributed by atoms with Crippen LogP contribution >= 0.6 is 11.6 Å². The van der Waals surface area contributed by atoms with Crippen LogP contribution in [0.2, 0.25) is 5.02 Å². The molecule has 8 nitrogen and oxygen atoms in total. The molecular weight excluding hydrogens is 464 g/mol. The smallest absolute Gasteiger partial charge is 0.258 e. The van der Waals surface area contributed by atoms with Gasteiger partial charge in [-0.05, 0) is 36.8 Å². The van der Waals surface area contributed by atoms with Gasteiger partial charge in [0.25, 0.3) is 5.91 Å². The van der Waals surface area contributed by atoms with E-state index in [1.54, 1.807) is 36.9 Å². The molecule has 0 atom stereocenters. The number of nitrogens with zero attached hydrogens (tertiary/aromatic N) is 3. The van der Waals surface area contributed by atoms with Gasteiger partial charge in [-0.3, -0.25) is 9.48 Å². The van der Waals surface area contributed by atoms with Crippen molar-refractivity contribution in [2.45, 2.75) is 32.2 Å². The van der Waals surface area contributed by atoms with Crippen molar-refractivity contribution in [2.75, 3.05) is 25.0 Å². The Kier molecular flexibility index (Phi) is 8.12. The average Bonchev–Trinajstić information content (AvgIpc) is 3.26. The summed E-state index contributed by atoms with van der Waals surface area (Å²) in [6, 6.07) is 11.9. The van der Waals surface area contributed by atoms with E-state index in [-0.39, 0.29) is 10.6 Å². The Hall–Kier alpha value is -2.88. The zero-order chi connectivity index (χ0) is 24.0. The molecule has 3 aromatic rings. The fourth-order valence-corrected chi connectivity index (χ4v) is 5.00. The van der Waals surface area contributed by atoms with Gasteiger partial charge in [0.05, 0.1) is 35.5 Å². The second-order valence-electron chi connectivity index (χ2n) is 7.15. The van der Waals surface area contributed by atoms with E-state index in [1.807, 2.05) is 25.1 Å². The Labute approximate surface area is 199 Å². The zero-order valence-corrected chi connectivity index (χ0v) is 20.4. The van der Waals surface area contributed by atoms with Gasteiger partial charge in [-0.1, -0.05) is 43.6 Å². The van der Waals surface area contributed by atoms with Crippen LogP contribution in [0.1, 0.15) is 36.7 Å². The van der Waals surface area contributed by atoms with E-state index < -0.39 is 15.9 Å². The zero-order valence-electron chi connectivity index (χ0n) is 18.8. The molecule has 0 spiro atoms. The molecule has 3 rings (SSSR count). The van der Waals surface area contributed by atoms with Gasteiger partial charge in [0.2, 0.25) is 10.0 Å². The molecule has 10 heteroatoms. The Bertz CT molecular complexity index is 1220. The number of benzene rings is 2. The van der Waals surface area contributed by atoms with Crippen molar-refractivity contribution < 1.29 is 17.9 Å². The average molecular weight is 491 g/mol. The van der Waals surface area contributed by atoms with Crippen LogP contribution in [0, 0.1) is 0 Å². The van der Waals surface area contributed by atoms with Crippen molar-refractivity contribution in [3.63, 3.8) is 0 Å². The standard InChI is InChI=1S/C23H27ClN4O4S/c1-4-28(5-2)33(30,31)19-11-12-22(32-6-3)21(13-19)26-23(29)18-14-25-27(16-18)15-17-9-7-8-10-20(17)24/h7-14,16H,4-6,15H2,1-3H3,(H,26,29). The highest BCUT2D eigenvalue weighted by atomic mass is 35.5. The molecule has 1 aromatic heterocycles. The number of ether oxygens (including phenoxy) is 1. The number of nitrogens with one attached hydrogen (secondary N) is 1. The summed E-state index contributed by atoms with van der Waals surface area (Å²) < 4.78 is 34.4. The van der Waals surface area contributed by atoms with Crippen molar-refractivity contribution in [3.05, 3.63) is 71.0 Å². The Balaban J connectivity index is 1.85. The van der Waals surface area contributed by atoms with Gasteiger partial charge < -0.3 is 10.1 Å². The number of aromatic nitrogens is 2. The Morgan fingerprint density at radius 3 is 2.55 bits per heavy atom. The molecule has 1 amide bonds. The minimum absolute atomic E-state index is 0.0827. The summed E-state index contributed by atoms with van der Waals surface area (Å²) >= 11 is 6.21. The maximum absolute atomic E-state index is 12.9. The monoisotopic (exact) mass is 490 g/mol. The minimum Gasteiger partial charge on any atom is -0.492 e. The molecular formula is C23H27ClN4O4S. The molecule has 1 heterocycles. The van der Waals surface area contributed by atoms with E-state index in [9.17, 15) is 13.2 Å². The highest BCUT2D eigenvalue weighted by molar-refractivity contribution is 7.89. The number of rotatable bonds is 10. The molecule has 1 N–H and O–H groups in total. The summed E-state index contributed by atoms with van der Waals surface area (Å²) in [5, 5.41) is 7.62. The van der Waals surface area contributed by atoms with E-state index in [1.165, 1.54) is 22.6 Å². The van der Waals surface area contributed by atoms with Crippen LogP contribution in [0.15, 0.2) is 59.8 Å². The quantitative estimate of drug-likeness (QED) is 0.458. The van der Waals surface area contributed by atoms with Crippen molar-refractivity contribution in [2.24, 2.45) is 0 Å². The highest BCUT2D eigenvalue weighted by Crippen LogP contribution is 2.30. The maximum atomic E-state index is 12.9. The van der Waals surface area contributed by atoms with Gasteiger partial charge in [0.1, 0.15) is 5.75 Å². The van der Waals surface area contributed by atoms with Gasteiger partial charge in [-0.15, -0.1) is 0 Å². The third-order valence-electron chi connectivity index (χ3n) is 5.03. The molecule has 33 heavy (non-hydrogen) atoms. The Morgan fingerprint density at radius 1 is 1.15 bits per heavy atom. The number of hydrogen-bond donors (Lipinski definition) is 1. The number of sulfonamides is 1. The number of amides is 1. The molecule has 0 bridgehead atoms. The topological polar surface area (TPSA) is 93.5 Å². The Morgan fingerprint density at radius 2 is 1.88 bits per heavy atom. The van der Waals surface area contributed by atoms with Crippen LogP contribution in [-0.2, 0) is 16.6 Å². The molecule has 2 aromatic carbocycles. The fourth-order valence-electron chi connectivity index (χ4n) is 3.32. The van der Waals surface area contributed by atoms with Crippen LogP contribution in [0.4, 0.5) is 5.69 Å². The number of carbonyl (C=O) groups excluding carboxylic acids is 1. The predicted octanol–water partition coefficient (Wildman–Crippen LogP) is 4.27. The normalized spacial score (nSPS) is 11.5. The lowest BCUT2D eigenvalue weighted by molar-refractivity contribution is 0.102. The number of carbonyl (C=O) groups is 1. The summed E-state index contributed by atoms with van der Waals surface area (Å²) in [4.78, 5) is 13.0. The molecule has 0 aliphatic heterocycles. The van der Waals surface area contributed by atoms with E-state index in [0.29, 0.717) is 42.6 Å². The second-order valence-corrected chi connectivity index (χ2v) is 9.50. The van der Waals surface area contributed by atoms with E-state index >= 15 is 0 Å². The first-order valence-corrected chi connectivity index (χ1v) is 12.5. The lowest BCUT2D eigenvalue weighted by atomic mass is 10.2. The number of halogens is 1. The van der Waals surface area contributed by atoms with Crippen LogP contribution < -0.4 is 10.1 Å². The van der Waals surface area contributed by atoms with Crippen molar-refractivity contribution in [3.8, 4) is 5.75 Å². The van der Waals surface area contributed by atoms with Crippen LogP contribution in [-0.4, -0.2) is 48.1 Å². The van der Waals surface area contributed by atoms with Crippen LogP contribution in [0.25, 0.3) is 0 Å². The first-order valence-electron chi connectivity index (χ1n) is 10.6. The van der Waals surface area contributed by atoms with Crippen molar-refractivity contribution in [1.82, 2.24) is 14.1 Å². The van der Waals surface area contributed by atoms with Gasteiger partial charge >= 0.3 is 0 Å². The summed E-state index contributed by atoms with van der Waals surface area (Å²) in [7, 11) is -3.69. The number of anilines is 1. The summed E-state index contributed by atoms with van der Waals surface area (Å²) in [5.74, 6) is -0.0495. The van der Waals surface area contributed by atoms with E-state index in [2.05, 4.69) is 10.4 Å². The highest BCUT2D eigenvalue weighted by Gasteiger charge is 2.23. The number of hydrogen-bond acceptors (Lipinski definition) is 5. The maximum Gasteiger partial charge on any atom is 0.258 e. The summed E-state index contributed by atoms with van der Waals surface area (Å²) in [6.07, 6.45) is 3.05. The van der Waals surface area contributed by atoms with Crippen LogP contribution in [0.5, 0.6) is 5.75 Å². The lowest BCUT2D eigenvalue weighted by Crippen LogP contribution is -2.30. The van der Waals surface area contributed by atoms with Gasteiger partial charge in [-0.25, -0.2) is 8.42 Å². The molecule has 0 aliphatic carbocycles. The molecule has 0 saturated heterocycles. The second kappa shape index (κ2) is 10.8. The van der Waals surface area contributed by atoms with Gasteiger partial charge in [0, 0.05) is 24.3 Å². The molecule has 176 valence electrons. The third kappa shape index (κ3) is 5.73. The molecule has 0 radical (unpaired) electrons. The summed E-state index contributed by atoms with van der Waals surface area (Å²) in [6.45, 7) is 6.83. The SMILES string of the molecule is CCOc1ccc(S(=O)(=O)N(CC)CC)cc1NC(=O)c1cnn(Cc2ccccc2Cl)c1. The van der Waals surface area contributed by atoms with Crippen molar-refractivity contribution >= 4 is 33.2 Å². The van der Waals surface area contributed by atoms with Gasteiger partial charge in [-0.2, -0.15) is 9.40 Å². The van der Waals surface area contributed by atoms with E-state index in [0.717, 1.165) is 5.56 Å². The fraction of sp³-hybridized carbons (Fsp3) is 0.304.